The number of likely N-dealkylation sites (tertiary alicyclic amines) is 1. The highest BCUT2D eigenvalue weighted by molar-refractivity contribution is 14.0. The predicted molar refractivity (Wildman–Crippen MR) is 131 cm³/mol. The molecule has 1 amide bonds. The van der Waals surface area contributed by atoms with Gasteiger partial charge in [0.15, 0.2) is 17.5 Å². The number of nitrogens with zero attached hydrogens (tertiary/aromatic N) is 2. The second kappa shape index (κ2) is 14.0. The summed E-state index contributed by atoms with van der Waals surface area (Å²) in [5.74, 6) is 2.50. The number of piperidine rings is 1. The van der Waals surface area contributed by atoms with Crippen molar-refractivity contribution < 1.29 is 23.7 Å². The summed E-state index contributed by atoms with van der Waals surface area (Å²) in [4.78, 5) is 18.3. The van der Waals surface area contributed by atoms with Crippen LogP contribution < -0.4 is 24.8 Å². The topological polar surface area (TPSA) is 93.7 Å². The maximum Gasteiger partial charge on any atom is 0.409 e. The van der Waals surface area contributed by atoms with Gasteiger partial charge in [-0.3, -0.25) is 0 Å². The van der Waals surface area contributed by atoms with Crippen LogP contribution in [0.2, 0.25) is 0 Å². The van der Waals surface area contributed by atoms with Crippen LogP contribution in [0.3, 0.4) is 0 Å². The van der Waals surface area contributed by atoms with Gasteiger partial charge in [-0.25, -0.2) is 9.79 Å². The van der Waals surface area contributed by atoms with Crippen molar-refractivity contribution in [3.05, 3.63) is 17.7 Å². The summed E-state index contributed by atoms with van der Waals surface area (Å²) >= 11 is 0. The van der Waals surface area contributed by atoms with E-state index < -0.39 is 0 Å². The molecule has 1 aliphatic rings. The van der Waals surface area contributed by atoms with E-state index in [-0.39, 0.29) is 36.1 Å². The van der Waals surface area contributed by atoms with E-state index in [1.54, 1.807) is 26.2 Å². The molecule has 1 aliphatic heterocycles. The summed E-state index contributed by atoms with van der Waals surface area (Å²) < 4.78 is 21.3. The Labute approximate surface area is 201 Å². The Bertz CT molecular complexity index is 699. The third kappa shape index (κ3) is 7.82. The van der Waals surface area contributed by atoms with Gasteiger partial charge in [-0.05, 0) is 44.4 Å². The number of aliphatic imine (C=N–C) groups is 1. The number of guanidine groups is 1. The van der Waals surface area contributed by atoms with Gasteiger partial charge in [-0.15, -0.1) is 24.0 Å². The Kier molecular flexibility index (Phi) is 12.2. The van der Waals surface area contributed by atoms with Crippen LogP contribution >= 0.6 is 24.0 Å². The quantitative estimate of drug-likeness (QED) is 0.292. The Balaban J connectivity index is 0.00000480. The SMILES string of the molecule is CCNC(=NCc1cc(OC)c(OC)c(OC)c1)NC1CCN(C(=O)OCC)CC1.I. The molecule has 1 saturated heterocycles. The average Bonchev–Trinajstić information content (AvgIpc) is 2.77. The molecular weight excluding hydrogens is 515 g/mol. The zero-order valence-electron chi connectivity index (χ0n) is 19.0. The molecule has 0 aliphatic carbocycles. The molecule has 0 saturated carbocycles. The minimum atomic E-state index is -0.237. The third-order valence-electron chi connectivity index (χ3n) is 4.85. The number of carbonyl (C=O) groups is 1. The van der Waals surface area contributed by atoms with E-state index in [4.69, 9.17) is 23.9 Å². The summed E-state index contributed by atoms with van der Waals surface area (Å²) in [5, 5.41) is 6.75. The minimum absolute atomic E-state index is 0. The molecular formula is C21H35IN4O5. The van der Waals surface area contributed by atoms with Crippen molar-refractivity contribution in [2.75, 3.05) is 47.6 Å². The molecule has 0 atom stereocenters. The van der Waals surface area contributed by atoms with Crippen LogP contribution in [0.15, 0.2) is 17.1 Å². The molecule has 10 heteroatoms. The van der Waals surface area contributed by atoms with Gasteiger partial charge in [0.05, 0.1) is 34.5 Å². The van der Waals surface area contributed by atoms with Crippen molar-refractivity contribution >= 4 is 36.0 Å². The zero-order valence-corrected chi connectivity index (χ0v) is 21.4. The summed E-state index contributed by atoms with van der Waals surface area (Å²) in [7, 11) is 4.77. The normalized spacial score (nSPS) is 14.4. The smallest absolute Gasteiger partial charge is 0.409 e. The molecule has 0 aromatic heterocycles. The molecule has 1 aromatic carbocycles. The lowest BCUT2D eigenvalue weighted by Crippen LogP contribution is -2.49. The molecule has 176 valence electrons. The number of hydrogen-bond donors (Lipinski definition) is 2. The van der Waals surface area contributed by atoms with Gasteiger partial charge in [0.1, 0.15) is 0 Å². The largest absolute Gasteiger partial charge is 0.493 e. The highest BCUT2D eigenvalue weighted by atomic mass is 127. The van der Waals surface area contributed by atoms with Gasteiger partial charge in [-0.2, -0.15) is 0 Å². The number of amides is 1. The van der Waals surface area contributed by atoms with Gasteiger partial charge >= 0.3 is 6.09 Å². The van der Waals surface area contributed by atoms with E-state index >= 15 is 0 Å². The molecule has 1 fully saturated rings. The number of rotatable bonds is 8. The first-order chi connectivity index (χ1) is 14.6. The molecule has 2 rings (SSSR count). The first kappa shape index (κ1) is 26.9. The Hall–Kier alpha value is -2.11. The third-order valence-corrected chi connectivity index (χ3v) is 4.85. The Morgan fingerprint density at radius 2 is 1.71 bits per heavy atom. The lowest BCUT2D eigenvalue weighted by atomic mass is 10.1. The Morgan fingerprint density at radius 1 is 1.10 bits per heavy atom. The molecule has 1 heterocycles. The molecule has 9 nitrogen and oxygen atoms in total. The van der Waals surface area contributed by atoms with E-state index in [1.165, 1.54) is 0 Å². The first-order valence-electron chi connectivity index (χ1n) is 10.3. The van der Waals surface area contributed by atoms with Crippen LogP contribution in [0.5, 0.6) is 17.2 Å². The summed E-state index contributed by atoms with van der Waals surface area (Å²) in [6, 6.07) is 4.03. The van der Waals surface area contributed by atoms with E-state index in [0.717, 1.165) is 30.9 Å². The number of ether oxygens (including phenoxy) is 4. The van der Waals surface area contributed by atoms with Crippen LogP contribution in [0.4, 0.5) is 4.79 Å². The Morgan fingerprint density at radius 3 is 2.19 bits per heavy atom. The highest BCUT2D eigenvalue weighted by Gasteiger charge is 2.24. The molecule has 0 spiro atoms. The number of nitrogens with one attached hydrogen (secondary N) is 2. The second-order valence-electron chi connectivity index (χ2n) is 6.83. The maximum atomic E-state index is 11.9. The molecule has 0 unspecified atom stereocenters. The van der Waals surface area contributed by atoms with Crippen molar-refractivity contribution in [1.82, 2.24) is 15.5 Å². The van der Waals surface area contributed by atoms with E-state index in [1.807, 2.05) is 26.0 Å². The lowest BCUT2D eigenvalue weighted by Gasteiger charge is -2.32. The van der Waals surface area contributed by atoms with Crippen LogP contribution in [0.1, 0.15) is 32.3 Å². The van der Waals surface area contributed by atoms with Crippen LogP contribution in [0, 0.1) is 0 Å². The van der Waals surface area contributed by atoms with Crippen molar-refractivity contribution in [3.63, 3.8) is 0 Å². The standard InChI is InChI=1S/C21H34N4O5.HI/c1-6-22-20(24-16-8-10-25(11-9-16)21(26)30-7-2)23-14-15-12-17(27-3)19(29-5)18(13-15)28-4;/h12-13,16H,6-11,14H2,1-5H3,(H2,22,23,24);1H. The monoisotopic (exact) mass is 550 g/mol. The number of methoxy groups -OCH3 is 3. The fourth-order valence-corrected chi connectivity index (χ4v) is 3.33. The summed E-state index contributed by atoms with van der Waals surface area (Å²) in [6.07, 6.45) is 1.44. The fourth-order valence-electron chi connectivity index (χ4n) is 3.33. The maximum absolute atomic E-state index is 11.9. The predicted octanol–water partition coefficient (Wildman–Crippen LogP) is 3.01. The summed E-state index contributed by atoms with van der Waals surface area (Å²) in [5.41, 5.74) is 0.943. The minimum Gasteiger partial charge on any atom is -0.493 e. The van der Waals surface area contributed by atoms with Crippen molar-refractivity contribution in [2.45, 2.75) is 39.3 Å². The highest BCUT2D eigenvalue weighted by Crippen LogP contribution is 2.38. The molecule has 0 radical (unpaired) electrons. The van der Waals surface area contributed by atoms with Gasteiger partial charge in [0.2, 0.25) is 5.75 Å². The van der Waals surface area contributed by atoms with Gasteiger partial charge in [0, 0.05) is 25.7 Å². The number of halogens is 1. The van der Waals surface area contributed by atoms with Crippen LogP contribution in [-0.2, 0) is 11.3 Å². The second-order valence-corrected chi connectivity index (χ2v) is 6.83. The molecule has 31 heavy (non-hydrogen) atoms. The van der Waals surface area contributed by atoms with Crippen molar-refractivity contribution in [2.24, 2.45) is 4.99 Å². The van der Waals surface area contributed by atoms with Gasteiger partial charge in [0.25, 0.3) is 0 Å². The molecule has 1 aromatic rings. The van der Waals surface area contributed by atoms with E-state index in [0.29, 0.717) is 43.5 Å². The molecule has 2 N–H and O–H groups in total. The van der Waals surface area contributed by atoms with E-state index in [9.17, 15) is 4.79 Å². The zero-order chi connectivity index (χ0) is 21.9. The van der Waals surface area contributed by atoms with Crippen LogP contribution in [0.25, 0.3) is 0 Å². The number of hydrogen-bond acceptors (Lipinski definition) is 6. The van der Waals surface area contributed by atoms with E-state index in [2.05, 4.69) is 10.6 Å². The average molecular weight is 550 g/mol. The van der Waals surface area contributed by atoms with Gasteiger partial charge < -0.3 is 34.5 Å². The summed E-state index contributed by atoms with van der Waals surface area (Å²) in [6.45, 7) is 6.79. The van der Waals surface area contributed by atoms with Crippen molar-refractivity contribution in [1.29, 1.82) is 0 Å². The number of carbonyl (C=O) groups excluding carboxylic acids is 1. The first-order valence-corrected chi connectivity index (χ1v) is 10.3. The van der Waals surface area contributed by atoms with Crippen molar-refractivity contribution in [3.8, 4) is 17.2 Å². The fraction of sp³-hybridized carbons (Fsp3) is 0.619. The number of benzene rings is 1. The lowest BCUT2D eigenvalue weighted by molar-refractivity contribution is 0.0963. The van der Waals surface area contributed by atoms with Crippen LogP contribution in [-0.4, -0.2) is 70.6 Å². The molecule has 0 bridgehead atoms. The van der Waals surface area contributed by atoms with Gasteiger partial charge in [-0.1, -0.05) is 0 Å².